The third-order valence-corrected chi connectivity index (χ3v) is 3.52. The van der Waals surface area contributed by atoms with E-state index < -0.39 is 0 Å². The van der Waals surface area contributed by atoms with Crippen LogP contribution in [0.2, 0.25) is 0 Å². The quantitative estimate of drug-likeness (QED) is 0.807. The number of methoxy groups -OCH3 is 1. The van der Waals surface area contributed by atoms with Crippen molar-refractivity contribution in [1.82, 2.24) is 14.5 Å². The molecule has 0 spiro atoms. The van der Waals surface area contributed by atoms with Gasteiger partial charge in [0, 0.05) is 25.9 Å². The van der Waals surface area contributed by atoms with E-state index >= 15 is 0 Å². The van der Waals surface area contributed by atoms with Gasteiger partial charge in [0.1, 0.15) is 0 Å². The van der Waals surface area contributed by atoms with Crippen LogP contribution in [0.15, 0.2) is 6.20 Å². The van der Waals surface area contributed by atoms with Crippen LogP contribution in [0.25, 0.3) is 0 Å². The molecule has 0 aliphatic carbocycles. The molecule has 0 atom stereocenters. The van der Waals surface area contributed by atoms with Gasteiger partial charge >= 0.3 is 0 Å². The molecule has 18 heavy (non-hydrogen) atoms. The molecule has 1 aromatic rings. The Hall–Kier alpha value is -1.07. The summed E-state index contributed by atoms with van der Waals surface area (Å²) in [5, 5.41) is 3.36. The minimum Gasteiger partial charge on any atom is -0.383 e. The normalized spacial score (nSPS) is 18.2. The van der Waals surface area contributed by atoms with Gasteiger partial charge < -0.3 is 19.5 Å². The Kier molecular flexibility index (Phi) is 4.60. The van der Waals surface area contributed by atoms with Gasteiger partial charge in [0.15, 0.2) is 0 Å². The third kappa shape index (κ3) is 3.23. The van der Waals surface area contributed by atoms with Crippen LogP contribution in [0.4, 0.5) is 5.95 Å². The highest BCUT2D eigenvalue weighted by Gasteiger charge is 2.20. The number of likely N-dealkylation sites (tertiary alicyclic amines) is 1. The van der Waals surface area contributed by atoms with Gasteiger partial charge in [-0.25, -0.2) is 4.98 Å². The summed E-state index contributed by atoms with van der Waals surface area (Å²) in [4.78, 5) is 6.95. The molecule has 1 aliphatic rings. The summed E-state index contributed by atoms with van der Waals surface area (Å²) in [6, 6.07) is 0.576. The van der Waals surface area contributed by atoms with Crippen LogP contribution < -0.4 is 5.32 Å². The fourth-order valence-corrected chi connectivity index (χ4v) is 2.46. The topological polar surface area (TPSA) is 42.3 Å². The van der Waals surface area contributed by atoms with Gasteiger partial charge in [0.2, 0.25) is 5.95 Å². The predicted octanol–water partition coefficient (Wildman–Crippen LogP) is 1.52. The number of ether oxygens (including phenoxy) is 1. The highest BCUT2D eigenvalue weighted by Crippen LogP contribution is 2.25. The Morgan fingerprint density at radius 2 is 2.17 bits per heavy atom. The van der Waals surface area contributed by atoms with Crippen molar-refractivity contribution in [3.8, 4) is 0 Å². The van der Waals surface area contributed by atoms with Gasteiger partial charge in [-0.3, -0.25) is 0 Å². The molecule has 1 aliphatic heterocycles. The average molecular weight is 252 g/mol. The number of hydrogen-bond acceptors (Lipinski definition) is 4. The van der Waals surface area contributed by atoms with Crippen LogP contribution in [0.5, 0.6) is 0 Å². The first-order chi connectivity index (χ1) is 8.70. The number of anilines is 1. The number of aryl methyl sites for hydroxylation is 1. The van der Waals surface area contributed by atoms with Crippen molar-refractivity contribution in [2.45, 2.75) is 25.8 Å². The smallest absolute Gasteiger partial charge is 0.203 e. The van der Waals surface area contributed by atoms with Crippen LogP contribution in [-0.4, -0.2) is 54.8 Å². The molecule has 1 N–H and O–H groups in total. The largest absolute Gasteiger partial charge is 0.383 e. The first-order valence-corrected chi connectivity index (χ1v) is 6.67. The molecule has 1 fully saturated rings. The van der Waals surface area contributed by atoms with Crippen molar-refractivity contribution in [3.63, 3.8) is 0 Å². The second-order valence-corrected chi connectivity index (χ2v) is 5.07. The second-order valence-electron chi connectivity index (χ2n) is 5.07. The SMILES string of the molecule is COCCNc1nc(C)cn1C1CCN(C)CC1. The van der Waals surface area contributed by atoms with E-state index in [9.17, 15) is 0 Å². The summed E-state index contributed by atoms with van der Waals surface area (Å²) in [6.45, 7) is 5.89. The Morgan fingerprint density at radius 3 is 2.83 bits per heavy atom. The zero-order valence-electron chi connectivity index (χ0n) is 11.6. The Morgan fingerprint density at radius 1 is 1.44 bits per heavy atom. The number of aromatic nitrogens is 2. The molecule has 0 aromatic carbocycles. The summed E-state index contributed by atoms with van der Waals surface area (Å²) in [7, 11) is 3.91. The van der Waals surface area contributed by atoms with Gasteiger partial charge in [0.05, 0.1) is 12.3 Å². The molecule has 102 valence electrons. The molecule has 0 unspecified atom stereocenters. The van der Waals surface area contributed by atoms with E-state index in [1.54, 1.807) is 7.11 Å². The van der Waals surface area contributed by atoms with Crippen molar-refractivity contribution in [2.24, 2.45) is 0 Å². The van der Waals surface area contributed by atoms with Crippen molar-refractivity contribution in [2.75, 3.05) is 45.7 Å². The molecule has 1 aromatic heterocycles. The molecule has 2 heterocycles. The molecule has 5 nitrogen and oxygen atoms in total. The van der Waals surface area contributed by atoms with Gasteiger partial charge in [-0.1, -0.05) is 0 Å². The maximum absolute atomic E-state index is 5.06. The van der Waals surface area contributed by atoms with Gasteiger partial charge in [-0.05, 0) is 39.9 Å². The summed E-state index contributed by atoms with van der Waals surface area (Å²) in [5.74, 6) is 0.985. The summed E-state index contributed by atoms with van der Waals surface area (Å²) in [6.07, 6.45) is 4.56. The van der Waals surface area contributed by atoms with Crippen LogP contribution in [0, 0.1) is 6.92 Å². The fourth-order valence-electron chi connectivity index (χ4n) is 2.46. The Balaban J connectivity index is 2.02. The molecule has 0 bridgehead atoms. The number of rotatable bonds is 5. The van der Waals surface area contributed by atoms with Crippen LogP contribution in [0.3, 0.4) is 0 Å². The Bertz CT molecular complexity index is 369. The second kappa shape index (κ2) is 6.20. The first kappa shape index (κ1) is 13.4. The molecule has 5 heteroatoms. The zero-order chi connectivity index (χ0) is 13.0. The minimum absolute atomic E-state index is 0.576. The van der Waals surface area contributed by atoms with Gasteiger partial charge in [0.25, 0.3) is 0 Å². The molecular weight excluding hydrogens is 228 g/mol. The monoisotopic (exact) mass is 252 g/mol. The number of nitrogens with one attached hydrogen (secondary N) is 1. The highest BCUT2D eigenvalue weighted by molar-refractivity contribution is 5.29. The first-order valence-electron chi connectivity index (χ1n) is 6.67. The molecule has 0 amide bonds. The van der Waals surface area contributed by atoms with Gasteiger partial charge in [-0.15, -0.1) is 0 Å². The molecule has 0 radical (unpaired) electrons. The number of piperidine rings is 1. The average Bonchev–Trinajstić information content (AvgIpc) is 2.72. The molecule has 0 saturated carbocycles. The maximum Gasteiger partial charge on any atom is 0.203 e. The van der Waals surface area contributed by atoms with E-state index in [1.165, 1.54) is 25.9 Å². The van der Waals surface area contributed by atoms with Crippen molar-refractivity contribution in [1.29, 1.82) is 0 Å². The van der Waals surface area contributed by atoms with Crippen LogP contribution in [-0.2, 0) is 4.74 Å². The van der Waals surface area contributed by atoms with E-state index in [0.717, 1.165) is 18.2 Å². The summed E-state index contributed by atoms with van der Waals surface area (Å²) >= 11 is 0. The minimum atomic E-state index is 0.576. The standard InChI is InChI=1S/C13H24N4O/c1-11-10-17(12-4-7-16(2)8-5-12)13(15-11)14-6-9-18-3/h10,12H,4-9H2,1-3H3,(H,14,15). The molecular formula is C13H24N4O. The number of hydrogen-bond donors (Lipinski definition) is 1. The van der Waals surface area contributed by atoms with Crippen LogP contribution >= 0.6 is 0 Å². The van der Waals surface area contributed by atoms with E-state index in [4.69, 9.17) is 4.74 Å². The lowest BCUT2D eigenvalue weighted by molar-refractivity contribution is 0.209. The predicted molar refractivity (Wildman–Crippen MR) is 73.1 cm³/mol. The van der Waals surface area contributed by atoms with Crippen molar-refractivity contribution < 1.29 is 4.74 Å². The lowest BCUT2D eigenvalue weighted by Gasteiger charge is -2.30. The van der Waals surface area contributed by atoms with Crippen LogP contribution in [0.1, 0.15) is 24.6 Å². The van der Waals surface area contributed by atoms with Gasteiger partial charge in [-0.2, -0.15) is 0 Å². The van der Waals surface area contributed by atoms with Crippen molar-refractivity contribution >= 4 is 5.95 Å². The highest BCUT2D eigenvalue weighted by atomic mass is 16.5. The molecule has 1 saturated heterocycles. The van der Waals surface area contributed by atoms with E-state index in [-0.39, 0.29) is 0 Å². The van der Waals surface area contributed by atoms with E-state index in [2.05, 4.69) is 33.0 Å². The van der Waals surface area contributed by atoms with E-state index in [0.29, 0.717) is 12.6 Å². The lowest BCUT2D eigenvalue weighted by Crippen LogP contribution is -2.31. The maximum atomic E-state index is 5.06. The van der Waals surface area contributed by atoms with Crippen molar-refractivity contribution in [3.05, 3.63) is 11.9 Å². The summed E-state index contributed by atoms with van der Waals surface area (Å²) in [5.41, 5.74) is 1.08. The lowest BCUT2D eigenvalue weighted by atomic mass is 10.1. The third-order valence-electron chi connectivity index (χ3n) is 3.52. The number of nitrogens with zero attached hydrogens (tertiary/aromatic N) is 3. The molecule has 2 rings (SSSR count). The van der Waals surface area contributed by atoms with E-state index in [1.807, 2.05) is 6.92 Å². The Labute approximate surface area is 109 Å². The zero-order valence-corrected chi connectivity index (χ0v) is 11.6. The number of imidazole rings is 1. The fraction of sp³-hybridized carbons (Fsp3) is 0.769. The summed E-state index contributed by atoms with van der Waals surface area (Å²) < 4.78 is 7.37.